The van der Waals surface area contributed by atoms with Gasteiger partial charge in [0.25, 0.3) is 0 Å². The quantitative estimate of drug-likeness (QED) is 0.820. The normalized spacial score (nSPS) is 31.2. The summed E-state index contributed by atoms with van der Waals surface area (Å²) in [4.78, 5) is 12.5. The van der Waals surface area contributed by atoms with E-state index < -0.39 is 5.54 Å². The molecule has 0 aromatic rings. The third-order valence-electron chi connectivity index (χ3n) is 4.83. The van der Waals surface area contributed by atoms with E-state index in [1.165, 1.54) is 19.3 Å². The fraction of sp³-hybridized carbons (Fsp3) is 0.933. The average Bonchev–Trinajstić information content (AvgIpc) is 2.40. The van der Waals surface area contributed by atoms with Crippen LogP contribution >= 0.6 is 0 Å². The third kappa shape index (κ3) is 3.48. The molecule has 1 aliphatic carbocycles. The Morgan fingerprint density at radius 3 is 2.53 bits per heavy atom. The molecule has 1 heterocycles. The van der Waals surface area contributed by atoms with Gasteiger partial charge >= 0.3 is 0 Å². The van der Waals surface area contributed by atoms with E-state index in [4.69, 9.17) is 10.5 Å². The van der Waals surface area contributed by atoms with Gasteiger partial charge in [0.05, 0.1) is 5.54 Å². The van der Waals surface area contributed by atoms with E-state index in [0.717, 1.165) is 6.42 Å². The highest BCUT2D eigenvalue weighted by atomic mass is 16.5. The Kier molecular flexibility index (Phi) is 4.85. The van der Waals surface area contributed by atoms with Crippen molar-refractivity contribution in [3.8, 4) is 0 Å². The van der Waals surface area contributed by atoms with Gasteiger partial charge in [-0.2, -0.15) is 0 Å². The van der Waals surface area contributed by atoms with Crippen molar-refractivity contribution < 1.29 is 9.53 Å². The third-order valence-corrected chi connectivity index (χ3v) is 4.83. The van der Waals surface area contributed by atoms with Crippen LogP contribution in [0.3, 0.4) is 0 Å². The summed E-state index contributed by atoms with van der Waals surface area (Å²) in [5.41, 5.74) is 5.54. The highest BCUT2D eigenvalue weighted by Gasteiger charge is 2.38. The molecule has 19 heavy (non-hydrogen) atoms. The van der Waals surface area contributed by atoms with Crippen molar-refractivity contribution in [3.63, 3.8) is 0 Å². The first-order chi connectivity index (χ1) is 9.03. The van der Waals surface area contributed by atoms with Crippen LogP contribution in [0.1, 0.15) is 52.4 Å². The number of ether oxygens (including phenoxy) is 1. The highest BCUT2D eigenvalue weighted by Crippen LogP contribution is 2.31. The van der Waals surface area contributed by atoms with Gasteiger partial charge in [-0.3, -0.25) is 4.79 Å². The number of hydrogen-bond donors (Lipinski definition) is 2. The largest absolute Gasteiger partial charge is 0.381 e. The molecule has 0 aromatic carbocycles. The van der Waals surface area contributed by atoms with Crippen molar-refractivity contribution in [3.05, 3.63) is 0 Å². The Labute approximate surface area is 116 Å². The number of nitrogens with two attached hydrogens (primary N) is 1. The van der Waals surface area contributed by atoms with Crippen LogP contribution in [0.15, 0.2) is 0 Å². The molecule has 1 saturated carbocycles. The molecule has 0 bridgehead atoms. The second-order valence-electron chi connectivity index (χ2n) is 6.54. The molecule has 0 aromatic heterocycles. The van der Waals surface area contributed by atoms with Crippen LogP contribution in [0.25, 0.3) is 0 Å². The maximum Gasteiger partial charge on any atom is 0.240 e. The lowest BCUT2D eigenvalue weighted by Gasteiger charge is -2.38. The summed E-state index contributed by atoms with van der Waals surface area (Å²) in [6.45, 7) is 5.70. The van der Waals surface area contributed by atoms with Gasteiger partial charge in [0.1, 0.15) is 0 Å². The van der Waals surface area contributed by atoms with E-state index in [-0.39, 0.29) is 5.91 Å². The SMILES string of the molecule is CC(C)C1CCCCC1NC(=O)C1(N)CCOCC1. The summed E-state index contributed by atoms with van der Waals surface area (Å²) in [6, 6.07) is 0.310. The van der Waals surface area contributed by atoms with Crippen LogP contribution in [-0.2, 0) is 9.53 Å². The number of hydrogen-bond acceptors (Lipinski definition) is 3. The predicted molar refractivity (Wildman–Crippen MR) is 75.7 cm³/mol. The lowest BCUT2D eigenvalue weighted by atomic mass is 9.77. The Morgan fingerprint density at radius 2 is 1.89 bits per heavy atom. The number of rotatable bonds is 3. The first-order valence-electron chi connectivity index (χ1n) is 7.70. The molecule has 2 aliphatic rings. The van der Waals surface area contributed by atoms with Crippen molar-refractivity contribution in [2.75, 3.05) is 13.2 Å². The highest BCUT2D eigenvalue weighted by molar-refractivity contribution is 5.86. The van der Waals surface area contributed by atoms with E-state index in [1.54, 1.807) is 0 Å². The summed E-state index contributed by atoms with van der Waals surface area (Å²) in [5, 5.41) is 3.24. The van der Waals surface area contributed by atoms with Gasteiger partial charge in [-0.1, -0.05) is 26.7 Å². The number of amides is 1. The molecule has 2 atom stereocenters. The van der Waals surface area contributed by atoms with Gasteiger partial charge in [0, 0.05) is 19.3 Å². The van der Waals surface area contributed by atoms with Crippen LogP contribution in [-0.4, -0.2) is 30.7 Å². The predicted octanol–water partition coefficient (Wildman–Crippen LogP) is 1.83. The molecule has 4 nitrogen and oxygen atoms in total. The smallest absolute Gasteiger partial charge is 0.240 e. The van der Waals surface area contributed by atoms with Crippen LogP contribution in [0.5, 0.6) is 0 Å². The topological polar surface area (TPSA) is 64.4 Å². The summed E-state index contributed by atoms with van der Waals surface area (Å²) >= 11 is 0. The average molecular weight is 268 g/mol. The second kappa shape index (κ2) is 6.23. The van der Waals surface area contributed by atoms with Crippen LogP contribution in [0.2, 0.25) is 0 Å². The molecule has 2 fully saturated rings. The molecule has 1 amide bonds. The fourth-order valence-corrected chi connectivity index (χ4v) is 3.41. The van der Waals surface area contributed by atoms with Crippen LogP contribution in [0.4, 0.5) is 0 Å². The zero-order valence-electron chi connectivity index (χ0n) is 12.3. The van der Waals surface area contributed by atoms with E-state index in [2.05, 4.69) is 19.2 Å². The van der Waals surface area contributed by atoms with E-state index >= 15 is 0 Å². The van der Waals surface area contributed by atoms with Crippen molar-refractivity contribution in [1.82, 2.24) is 5.32 Å². The molecule has 2 rings (SSSR count). The molecular formula is C15H28N2O2. The van der Waals surface area contributed by atoms with Gasteiger partial charge in [-0.15, -0.1) is 0 Å². The summed E-state index contributed by atoms with van der Waals surface area (Å²) in [5.74, 6) is 1.25. The Hall–Kier alpha value is -0.610. The zero-order valence-corrected chi connectivity index (χ0v) is 12.3. The van der Waals surface area contributed by atoms with Gasteiger partial charge in [0.15, 0.2) is 0 Å². The lowest BCUT2D eigenvalue weighted by molar-refractivity contribution is -0.131. The molecular weight excluding hydrogens is 240 g/mol. The molecule has 1 aliphatic heterocycles. The lowest BCUT2D eigenvalue weighted by Crippen LogP contribution is -2.60. The molecule has 4 heteroatoms. The summed E-state index contributed by atoms with van der Waals surface area (Å²) in [7, 11) is 0. The first-order valence-corrected chi connectivity index (χ1v) is 7.70. The van der Waals surface area contributed by atoms with E-state index in [1.807, 2.05) is 0 Å². The Bertz CT molecular complexity index is 311. The second-order valence-corrected chi connectivity index (χ2v) is 6.54. The molecule has 0 spiro atoms. The Balaban J connectivity index is 1.96. The maximum absolute atomic E-state index is 12.5. The molecule has 1 saturated heterocycles. The monoisotopic (exact) mass is 268 g/mol. The zero-order chi connectivity index (χ0) is 13.9. The number of carbonyl (C=O) groups is 1. The molecule has 3 N–H and O–H groups in total. The van der Waals surface area contributed by atoms with Crippen molar-refractivity contribution >= 4 is 5.91 Å². The Morgan fingerprint density at radius 1 is 1.26 bits per heavy atom. The van der Waals surface area contributed by atoms with Crippen molar-refractivity contribution in [1.29, 1.82) is 0 Å². The summed E-state index contributed by atoms with van der Waals surface area (Å²) < 4.78 is 5.30. The minimum atomic E-state index is -0.711. The minimum Gasteiger partial charge on any atom is -0.381 e. The van der Waals surface area contributed by atoms with E-state index in [0.29, 0.717) is 43.9 Å². The van der Waals surface area contributed by atoms with E-state index in [9.17, 15) is 4.79 Å². The van der Waals surface area contributed by atoms with Crippen molar-refractivity contribution in [2.45, 2.75) is 64.0 Å². The van der Waals surface area contributed by atoms with Gasteiger partial charge in [-0.25, -0.2) is 0 Å². The van der Waals surface area contributed by atoms with Gasteiger partial charge in [0.2, 0.25) is 5.91 Å². The van der Waals surface area contributed by atoms with Crippen LogP contribution in [0, 0.1) is 11.8 Å². The van der Waals surface area contributed by atoms with Gasteiger partial charge in [-0.05, 0) is 37.5 Å². The molecule has 2 unspecified atom stereocenters. The minimum absolute atomic E-state index is 0.0355. The van der Waals surface area contributed by atoms with Crippen LogP contribution < -0.4 is 11.1 Å². The molecule has 0 radical (unpaired) electrons. The summed E-state index contributed by atoms with van der Waals surface area (Å²) in [6.07, 6.45) is 6.10. The number of carbonyl (C=O) groups excluding carboxylic acids is 1. The van der Waals surface area contributed by atoms with Crippen molar-refractivity contribution in [2.24, 2.45) is 17.6 Å². The standard InChI is InChI=1S/C15H28N2O2/c1-11(2)12-5-3-4-6-13(12)17-14(18)15(16)7-9-19-10-8-15/h11-13H,3-10,16H2,1-2H3,(H,17,18). The first kappa shape index (κ1) is 14.8. The fourth-order valence-electron chi connectivity index (χ4n) is 3.41. The molecule has 110 valence electrons. The maximum atomic E-state index is 12.5. The van der Waals surface area contributed by atoms with Gasteiger partial charge < -0.3 is 15.8 Å². The number of nitrogens with one attached hydrogen (secondary N) is 1.